The number of hydrogen-bond acceptors (Lipinski definition) is 24. The lowest BCUT2D eigenvalue weighted by Crippen LogP contribution is -2.21. The molecular formula is C55H55N19O6S5. The van der Waals surface area contributed by atoms with E-state index in [4.69, 9.17) is 28.1 Å². The zero-order valence-electron chi connectivity index (χ0n) is 46.4. The van der Waals surface area contributed by atoms with Crippen LogP contribution in [0.2, 0.25) is 0 Å². The fraction of sp³-hybridized carbons (Fsp3) is 0.255. The van der Waals surface area contributed by atoms with Crippen molar-refractivity contribution >= 4 is 135 Å². The van der Waals surface area contributed by atoms with E-state index in [-0.39, 0.29) is 43.3 Å². The van der Waals surface area contributed by atoms with Gasteiger partial charge in [-0.3, -0.25) is 9.11 Å². The number of hydrogen-bond donors (Lipinski definition) is 6. The smallest absolute Gasteiger partial charge is 0.294 e. The minimum atomic E-state index is -4.35. The van der Waals surface area contributed by atoms with Gasteiger partial charge in [0.25, 0.3) is 31.6 Å². The average Bonchev–Trinajstić information content (AvgIpc) is 4.02. The van der Waals surface area contributed by atoms with E-state index in [0.29, 0.717) is 107 Å². The number of benzene rings is 4. The molecule has 0 saturated carbocycles. The molecule has 0 aliphatic carbocycles. The molecule has 30 heteroatoms. The lowest BCUT2D eigenvalue weighted by molar-refractivity contribution is 0.481. The van der Waals surface area contributed by atoms with E-state index in [0.717, 1.165) is 45.2 Å². The molecule has 6 N–H and O–H groups in total. The van der Waals surface area contributed by atoms with Gasteiger partial charge in [0.1, 0.15) is 23.0 Å². The number of nitrogens with zero attached hydrogens (tertiary/aromatic N) is 15. The van der Waals surface area contributed by atoms with E-state index in [1.165, 1.54) is 48.2 Å². The molecule has 7 aromatic rings. The highest BCUT2D eigenvalue weighted by molar-refractivity contribution is 7.99. The first-order valence-electron chi connectivity index (χ1n) is 26.1. The quantitative estimate of drug-likeness (QED) is 0.00872. The number of aromatic nitrogens is 5. The van der Waals surface area contributed by atoms with Gasteiger partial charge in [0.05, 0.1) is 56.2 Å². The summed E-state index contributed by atoms with van der Waals surface area (Å²) in [6.07, 6.45) is 3.69. The lowest BCUT2D eigenvalue weighted by Gasteiger charge is -2.22. The molecule has 436 valence electrons. The summed E-state index contributed by atoms with van der Waals surface area (Å²) in [5.41, 5.74) is 4.74. The number of nitriles is 2. The van der Waals surface area contributed by atoms with Crippen LogP contribution in [0, 0.1) is 35.8 Å². The van der Waals surface area contributed by atoms with Crippen LogP contribution in [0.25, 0.3) is 21.8 Å². The summed E-state index contributed by atoms with van der Waals surface area (Å²) in [5, 5.41) is 51.5. The van der Waals surface area contributed by atoms with Crippen molar-refractivity contribution in [1.82, 2.24) is 24.9 Å². The van der Waals surface area contributed by atoms with Crippen LogP contribution in [0.15, 0.2) is 132 Å². The van der Waals surface area contributed by atoms with Gasteiger partial charge < -0.3 is 31.1 Å². The summed E-state index contributed by atoms with van der Waals surface area (Å²) in [5.74, 6) is 1.66. The topological polar surface area (TPSA) is 334 Å². The van der Waals surface area contributed by atoms with Gasteiger partial charge in [-0.15, -0.1) is 20.5 Å². The molecule has 0 spiro atoms. The Morgan fingerprint density at radius 1 is 0.612 bits per heavy atom. The van der Waals surface area contributed by atoms with Crippen molar-refractivity contribution in [3.8, 4) is 12.1 Å². The van der Waals surface area contributed by atoms with Crippen molar-refractivity contribution in [3.63, 3.8) is 0 Å². The molecule has 0 radical (unpaired) electrons. The lowest BCUT2D eigenvalue weighted by atomic mass is 10.1. The molecule has 0 unspecified atom stereocenters. The number of azo groups is 2. The van der Waals surface area contributed by atoms with Gasteiger partial charge in [-0.05, 0) is 130 Å². The van der Waals surface area contributed by atoms with Gasteiger partial charge in [0, 0.05) is 50.6 Å². The van der Waals surface area contributed by atoms with Crippen molar-refractivity contribution in [2.75, 3.05) is 76.1 Å². The number of nitrogens with one attached hydrogen (secondary N) is 4. The minimum absolute atomic E-state index is 0.169. The Morgan fingerprint density at radius 2 is 1.01 bits per heavy atom. The van der Waals surface area contributed by atoms with E-state index < -0.39 is 20.2 Å². The molecule has 3 aromatic heterocycles. The van der Waals surface area contributed by atoms with Crippen LogP contribution in [-0.4, -0.2) is 95.9 Å². The molecule has 0 atom stereocenters. The molecular weight excluding hydrogens is 1180 g/mol. The number of rotatable bonds is 28. The number of anilines is 8. The zero-order chi connectivity index (χ0) is 61.1. The van der Waals surface area contributed by atoms with Crippen LogP contribution in [0.1, 0.15) is 55.5 Å². The van der Waals surface area contributed by atoms with Crippen LogP contribution < -0.4 is 31.1 Å². The Balaban J connectivity index is 1.20. The summed E-state index contributed by atoms with van der Waals surface area (Å²) >= 11 is 3.60. The molecule has 4 aromatic carbocycles. The maximum atomic E-state index is 11.5. The first-order valence-corrected chi connectivity index (χ1v) is 31.6. The SMILES string of the molecule is [C-]#[N+]/C(C#N)=C\c1sc(N=Nc2ccc(N(CC)CC)cc2Nc2nc(Nc3cc(N(CC)CC)ccc3N=Nc3nc(NCCc4ccc(S(=O)(=O)O)cc4)c(/C=C(\C#N)[N+]#[C-])s3)nc(SCC)n2)nc1NCCc1ccc(S(=O)(=O)O)cc1. The second kappa shape index (κ2) is 29.8. The van der Waals surface area contributed by atoms with Crippen LogP contribution in [0.4, 0.5) is 67.9 Å². The molecule has 0 aliphatic rings. The van der Waals surface area contributed by atoms with E-state index in [1.54, 1.807) is 36.4 Å². The monoisotopic (exact) mass is 1240 g/mol. The van der Waals surface area contributed by atoms with E-state index in [9.17, 15) is 36.5 Å². The van der Waals surface area contributed by atoms with Crippen molar-refractivity contribution in [1.29, 1.82) is 10.5 Å². The fourth-order valence-corrected chi connectivity index (χ4v) is 11.1. The zero-order valence-corrected chi connectivity index (χ0v) is 50.5. The second-order valence-electron chi connectivity index (χ2n) is 17.6. The molecule has 0 bridgehead atoms. The average molecular weight is 1240 g/mol. The highest BCUT2D eigenvalue weighted by Gasteiger charge is 2.18. The predicted octanol–water partition coefficient (Wildman–Crippen LogP) is 13.3. The highest BCUT2D eigenvalue weighted by atomic mass is 32.2. The minimum Gasteiger partial charge on any atom is -0.372 e. The van der Waals surface area contributed by atoms with Gasteiger partial charge in [0.15, 0.2) is 5.16 Å². The molecule has 0 saturated heterocycles. The van der Waals surface area contributed by atoms with Crippen LogP contribution in [0.5, 0.6) is 0 Å². The standard InChI is InChI=1S/C55H55N19O6S5/c1-8-73(9-2)39-17-23-43(69-71-54-64-49(47(82-54)29-37(33-56)58-6)60-27-25-35-13-19-41(20-14-35)84(75,76)77)45(31-39)62-51-66-52(68-53(67-51)81-12-5)63-46-32-40(74(10-3)11-4)18-24-44(46)70-72-55-65-50(48(83-55)30-38(34-57)59-7)61-28-26-36-15-21-42(22-16-36)85(78,79)80/h13-24,29-32,60-61H,8-12,25-28H2,1-5H3,(H,75,76,77)(H,78,79,80)(H2,62,63,66,67,68)/b37-29-,38-30+,71-69?,72-70?. The summed E-state index contributed by atoms with van der Waals surface area (Å²) in [6, 6.07) is 26.6. The van der Waals surface area contributed by atoms with E-state index >= 15 is 0 Å². The molecule has 85 heavy (non-hydrogen) atoms. The normalized spacial score (nSPS) is 11.9. The third kappa shape index (κ3) is 17.6. The van der Waals surface area contributed by atoms with E-state index in [2.05, 4.69) is 71.2 Å². The van der Waals surface area contributed by atoms with E-state index in [1.807, 2.05) is 71.0 Å². The van der Waals surface area contributed by atoms with Crippen molar-refractivity contribution in [2.24, 2.45) is 20.5 Å². The van der Waals surface area contributed by atoms with Crippen molar-refractivity contribution in [2.45, 2.75) is 62.4 Å². The van der Waals surface area contributed by atoms with Crippen LogP contribution in [-0.2, 0) is 33.1 Å². The molecule has 0 fully saturated rings. The Bertz CT molecular complexity index is 3770. The fourth-order valence-electron chi connectivity index (χ4n) is 8.00. The predicted molar refractivity (Wildman–Crippen MR) is 333 cm³/mol. The van der Waals surface area contributed by atoms with Gasteiger partial charge >= 0.3 is 0 Å². The Kier molecular flexibility index (Phi) is 22.2. The molecule has 0 aliphatic heterocycles. The summed E-state index contributed by atoms with van der Waals surface area (Å²) in [4.78, 5) is 35.1. The third-order valence-electron chi connectivity index (χ3n) is 12.2. The highest BCUT2D eigenvalue weighted by Crippen LogP contribution is 2.39. The molecule has 7 rings (SSSR count). The van der Waals surface area contributed by atoms with Crippen molar-refractivity contribution in [3.05, 3.63) is 140 Å². The van der Waals surface area contributed by atoms with Gasteiger partial charge in [-0.2, -0.15) is 41.8 Å². The largest absolute Gasteiger partial charge is 0.372 e. The number of allylic oxidation sites excluding steroid dienone is 2. The summed E-state index contributed by atoms with van der Waals surface area (Å²) in [6.45, 7) is 28.6. The maximum absolute atomic E-state index is 11.5. The molecule has 3 heterocycles. The summed E-state index contributed by atoms with van der Waals surface area (Å²) < 4.78 is 65.0. The first kappa shape index (κ1) is 63.3. The van der Waals surface area contributed by atoms with Crippen LogP contribution in [0.3, 0.4) is 0 Å². The van der Waals surface area contributed by atoms with Crippen molar-refractivity contribution < 1.29 is 25.9 Å². The Hall–Kier alpha value is -9.24. The molecule has 25 nitrogen and oxygen atoms in total. The summed E-state index contributed by atoms with van der Waals surface area (Å²) in [7, 11) is -8.70. The second-order valence-corrected chi connectivity index (χ2v) is 23.7. The van der Waals surface area contributed by atoms with Gasteiger partial charge in [-0.25, -0.2) is 20.2 Å². The maximum Gasteiger partial charge on any atom is 0.294 e. The van der Waals surface area contributed by atoms with Crippen LogP contribution >= 0.6 is 34.4 Å². The number of thiazole rings is 2. The van der Waals surface area contributed by atoms with Gasteiger partial charge in [0.2, 0.25) is 22.2 Å². The first-order chi connectivity index (χ1) is 40.9. The molecule has 0 amide bonds. The third-order valence-corrected chi connectivity index (χ3v) is 16.5. The van der Waals surface area contributed by atoms with Gasteiger partial charge in [-0.1, -0.05) is 65.6 Å². The Morgan fingerprint density at radius 3 is 1.35 bits per heavy atom. The Labute approximate surface area is 504 Å². The number of thioether (sulfide) groups is 1.